The molecule has 17 heavy (non-hydrogen) atoms. The lowest BCUT2D eigenvalue weighted by Gasteiger charge is -2.13. The smallest absolute Gasteiger partial charge is 0.126 e. The zero-order valence-corrected chi connectivity index (χ0v) is 10.0. The van der Waals surface area contributed by atoms with Gasteiger partial charge in [0.1, 0.15) is 11.5 Å². The first kappa shape index (κ1) is 11.5. The van der Waals surface area contributed by atoms with E-state index in [0.717, 1.165) is 5.56 Å². The van der Waals surface area contributed by atoms with Crippen LogP contribution in [0.5, 0.6) is 11.5 Å². The number of rotatable bonds is 2. The van der Waals surface area contributed by atoms with E-state index >= 15 is 0 Å². The van der Waals surface area contributed by atoms with Gasteiger partial charge >= 0.3 is 0 Å². The van der Waals surface area contributed by atoms with E-state index in [9.17, 15) is 10.2 Å². The minimum Gasteiger partial charge on any atom is -0.507 e. The Hall–Kier alpha value is -1.96. The number of hydrogen-bond donors (Lipinski definition) is 2. The van der Waals surface area contributed by atoms with Crippen molar-refractivity contribution in [1.82, 2.24) is 0 Å². The number of para-hydroxylation sites is 2. The molecule has 2 N–H and O–H groups in total. The lowest BCUT2D eigenvalue weighted by Crippen LogP contribution is -1.90. The quantitative estimate of drug-likeness (QED) is 0.818. The number of benzene rings is 2. The highest BCUT2D eigenvalue weighted by atomic mass is 16.3. The molecule has 2 nitrogen and oxygen atoms in total. The van der Waals surface area contributed by atoms with E-state index in [1.807, 2.05) is 38.1 Å². The van der Waals surface area contributed by atoms with Gasteiger partial charge in [0.05, 0.1) is 0 Å². The van der Waals surface area contributed by atoms with Gasteiger partial charge in [-0.05, 0) is 17.5 Å². The van der Waals surface area contributed by atoms with Gasteiger partial charge in [0.15, 0.2) is 0 Å². The van der Waals surface area contributed by atoms with Crippen molar-refractivity contribution >= 4 is 0 Å². The Kier molecular flexibility index (Phi) is 3.05. The maximum Gasteiger partial charge on any atom is 0.126 e. The first-order valence-electron chi connectivity index (χ1n) is 5.71. The zero-order chi connectivity index (χ0) is 12.4. The fraction of sp³-hybridized carbons (Fsp3) is 0.200. The Bertz CT molecular complexity index is 530. The molecule has 2 aromatic carbocycles. The lowest BCUT2D eigenvalue weighted by atomic mass is 9.95. The lowest BCUT2D eigenvalue weighted by molar-refractivity contribution is 0.462. The fourth-order valence-corrected chi connectivity index (χ4v) is 1.95. The molecule has 0 spiro atoms. The van der Waals surface area contributed by atoms with Crippen molar-refractivity contribution in [2.45, 2.75) is 19.8 Å². The first-order chi connectivity index (χ1) is 8.11. The molecular formula is C15H16O2. The average Bonchev–Trinajstić information content (AvgIpc) is 2.30. The van der Waals surface area contributed by atoms with Gasteiger partial charge in [-0.2, -0.15) is 0 Å². The van der Waals surface area contributed by atoms with Crippen LogP contribution in [0, 0.1) is 0 Å². The summed E-state index contributed by atoms with van der Waals surface area (Å²) in [6.07, 6.45) is 0. The molecule has 0 aliphatic heterocycles. The van der Waals surface area contributed by atoms with Crippen molar-refractivity contribution in [3.63, 3.8) is 0 Å². The van der Waals surface area contributed by atoms with E-state index < -0.39 is 0 Å². The summed E-state index contributed by atoms with van der Waals surface area (Å²) in [5.74, 6) is 0.688. The molecule has 0 aliphatic rings. The second-order valence-corrected chi connectivity index (χ2v) is 4.42. The van der Waals surface area contributed by atoms with Crippen molar-refractivity contribution in [1.29, 1.82) is 0 Å². The van der Waals surface area contributed by atoms with Crippen molar-refractivity contribution in [2.75, 3.05) is 0 Å². The molecule has 0 aromatic heterocycles. The fourth-order valence-electron chi connectivity index (χ4n) is 1.95. The number of phenols is 2. The van der Waals surface area contributed by atoms with Crippen molar-refractivity contribution in [3.05, 3.63) is 48.0 Å². The van der Waals surface area contributed by atoms with Crippen LogP contribution >= 0.6 is 0 Å². The molecule has 0 fully saturated rings. The van der Waals surface area contributed by atoms with Crippen molar-refractivity contribution in [2.24, 2.45) is 0 Å². The molecule has 0 atom stereocenters. The summed E-state index contributed by atoms with van der Waals surface area (Å²) in [5, 5.41) is 20.0. The third-order valence-corrected chi connectivity index (χ3v) is 2.88. The van der Waals surface area contributed by atoms with Crippen LogP contribution in [0.25, 0.3) is 11.1 Å². The highest BCUT2D eigenvalue weighted by Crippen LogP contribution is 2.39. The SMILES string of the molecule is CC(C)c1cccc(-c2ccccc2O)c1O. The van der Waals surface area contributed by atoms with Crippen LogP contribution in [0.1, 0.15) is 25.3 Å². The van der Waals surface area contributed by atoms with Gasteiger partial charge in [-0.3, -0.25) is 0 Å². The third kappa shape index (κ3) is 2.11. The Balaban J connectivity index is 2.61. The van der Waals surface area contributed by atoms with Crippen molar-refractivity contribution < 1.29 is 10.2 Å². The molecule has 0 heterocycles. The molecule has 0 amide bonds. The summed E-state index contributed by atoms with van der Waals surface area (Å²) in [6, 6.07) is 12.7. The Morgan fingerprint density at radius 1 is 0.824 bits per heavy atom. The predicted octanol–water partition coefficient (Wildman–Crippen LogP) is 3.89. The van der Waals surface area contributed by atoms with E-state index in [-0.39, 0.29) is 17.4 Å². The van der Waals surface area contributed by atoms with E-state index in [4.69, 9.17) is 0 Å². The van der Waals surface area contributed by atoms with E-state index in [1.165, 1.54) is 0 Å². The Morgan fingerprint density at radius 2 is 1.47 bits per heavy atom. The first-order valence-corrected chi connectivity index (χ1v) is 5.71. The number of phenolic OH excluding ortho intramolecular Hbond substituents is 2. The third-order valence-electron chi connectivity index (χ3n) is 2.88. The van der Waals surface area contributed by atoms with Crippen LogP contribution in [0.4, 0.5) is 0 Å². The van der Waals surface area contributed by atoms with Gasteiger partial charge in [-0.1, -0.05) is 50.2 Å². The van der Waals surface area contributed by atoms with E-state index in [1.54, 1.807) is 18.2 Å². The molecule has 88 valence electrons. The molecule has 0 unspecified atom stereocenters. The summed E-state index contributed by atoms with van der Waals surface area (Å²) in [7, 11) is 0. The topological polar surface area (TPSA) is 40.5 Å². The van der Waals surface area contributed by atoms with E-state index in [0.29, 0.717) is 11.1 Å². The highest BCUT2D eigenvalue weighted by Gasteiger charge is 2.13. The van der Waals surface area contributed by atoms with Gasteiger partial charge in [-0.15, -0.1) is 0 Å². The van der Waals surface area contributed by atoms with Crippen molar-refractivity contribution in [3.8, 4) is 22.6 Å². The summed E-state index contributed by atoms with van der Waals surface area (Å²) in [5.41, 5.74) is 2.23. The molecule has 0 aliphatic carbocycles. The van der Waals surface area contributed by atoms with Gasteiger partial charge in [-0.25, -0.2) is 0 Å². The highest BCUT2D eigenvalue weighted by molar-refractivity contribution is 5.76. The maximum absolute atomic E-state index is 10.2. The second kappa shape index (κ2) is 4.50. The van der Waals surface area contributed by atoms with Gasteiger partial charge < -0.3 is 10.2 Å². The number of hydrogen-bond acceptors (Lipinski definition) is 2. The van der Waals surface area contributed by atoms with Crippen LogP contribution in [-0.2, 0) is 0 Å². The minimum atomic E-state index is 0.184. The van der Waals surface area contributed by atoms with Crippen LogP contribution < -0.4 is 0 Å². The predicted molar refractivity (Wildman–Crippen MR) is 69.3 cm³/mol. The van der Waals surface area contributed by atoms with Gasteiger partial charge in [0.2, 0.25) is 0 Å². The summed E-state index contributed by atoms with van der Waals surface area (Å²) >= 11 is 0. The monoisotopic (exact) mass is 228 g/mol. The molecule has 0 radical (unpaired) electrons. The summed E-state index contributed by atoms with van der Waals surface area (Å²) < 4.78 is 0. The van der Waals surface area contributed by atoms with Gasteiger partial charge in [0, 0.05) is 11.1 Å². The average molecular weight is 228 g/mol. The molecule has 2 heteroatoms. The second-order valence-electron chi connectivity index (χ2n) is 4.42. The molecule has 0 saturated carbocycles. The standard InChI is InChI=1S/C15H16O2/c1-10(2)11-7-5-8-13(15(11)17)12-6-3-4-9-14(12)16/h3-10,16-17H,1-2H3. The van der Waals surface area contributed by atoms with Crippen LogP contribution in [-0.4, -0.2) is 10.2 Å². The summed E-state index contributed by atoms with van der Waals surface area (Å²) in [6.45, 7) is 4.06. The zero-order valence-electron chi connectivity index (χ0n) is 10.0. The van der Waals surface area contributed by atoms with Gasteiger partial charge in [0.25, 0.3) is 0 Å². The molecule has 2 rings (SSSR count). The number of aromatic hydroxyl groups is 2. The van der Waals surface area contributed by atoms with Crippen LogP contribution in [0.3, 0.4) is 0 Å². The Labute approximate surface area is 101 Å². The molecule has 0 bridgehead atoms. The van der Waals surface area contributed by atoms with Crippen LogP contribution in [0.2, 0.25) is 0 Å². The van der Waals surface area contributed by atoms with Crippen LogP contribution in [0.15, 0.2) is 42.5 Å². The summed E-state index contributed by atoms with van der Waals surface area (Å²) in [4.78, 5) is 0. The molecule has 0 saturated heterocycles. The maximum atomic E-state index is 10.2. The largest absolute Gasteiger partial charge is 0.507 e. The minimum absolute atomic E-state index is 0.184. The molecular weight excluding hydrogens is 212 g/mol. The normalized spacial score (nSPS) is 10.8. The van der Waals surface area contributed by atoms with E-state index in [2.05, 4.69) is 0 Å². The molecule has 2 aromatic rings. The Morgan fingerprint density at radius 3 is 2.12 bits per heavy atom.